The van der Waals surface area contributed by atoms with Gasteiger partial charge in [-0.1, -0.05) is 19.1 Å². The van der Waals surface area contributed by atoms with Crippen molar-refractivity contribution in [3.05, 3.63) is 40.4 Å². The van der Waals surface area contributed by atoms with E-state index in [1.807, 2.05) is 39.8 Å². The molecule has 0 aliphatic carbocycles. The number of rotatable bonds is 8. The van der Waals surface area contributed by atoms with Crippen molar-refractivity contribution in [2.75, 3.05) is 12.8 Å². The van der Waals surface area contributed by atoms with E-state index in [0.29, 0.717) is 12.2 Å². The summed E-state index contributed by atoms with van der Waals surface area (Å²) in [6, 6.07) is 6.43. The Morgan fingerprint density at radius 3 is 2.29 bits per heavy atom. The predicted molar refractivity (Wildman–Crippen MR) is 120 cm³/mol. The molecule has 0 aliphatic heterocycles. The van der Waals surface area contributed by atoms with Crippen molar-refractivity contribution in [2.24, 2.45) is 5.73 Å². The third-order valence-electron chi connectivity index (χ3n) is 4.49. The number of hydrogen-bond acceptors (Lipinski definition) is 7. The van der Waals surface area contributed by atoms with Crippen molar-refractivity contribution < 1.29 is 19.1 Å². The van der Waals surface area contributed by atoms with E-state index in [-0.39, 0.29) is 28.7 Å². The lowest BCUT2D eigenvalue weighted by Crippen LogP contribution is -2.53. The van der Waals surface area contributed by atoms with Gasteiger partial charge >= 0.3 is 0 Å². The first-order valence-corrected chi connectivity index (χ1v) is 10.6. The first-order chi connectivity index (χ1) is 14.5. The second kappa shape index (κ2) is 9.78. The van der Waals surface area contributed by atoms with Crippen LogP contribution in [0.15, 0.2) is 24.3 Å². The van der Waals surface area contributed by atoms with Gasteiger partial charge in [-0.15, -0.1) is 0 Å². The minimum absolute atomic E-state index is 0.0734. The first-order valence-electron chi connectivity index (χ1n) is 9.79. The molecule has 5 N–H and O–H groups in total. The molecule has 10 heteroatoms. The molecule has 0 saturated heterocycles. The molecule has 0 fully saturated rings. The quantitative estimate of drug-likeness (QED) is 0.566. The largest absolute Gasteiger partial charge is 0.497 e. The SMILES string of the molecule is CC[C@@H](C(=O)NC(C)(C)C)N(Cc1ccc(OC)cc1)C(=O)c1snc(C(N)=O)c1N. The third-order valence-corrected chi connectivity index (χ3v) is 5.34. The van der Waals surface area contributed by atoms with Gasteiger partial charge in [0, 0.05) is 12.1 Å². The number of nitrogens with zero attached hydrogens (tertiary/aromatic N) is 2. The maximum Gasteiger partial charge on any atom is 0.270 e. The summed E-state index contributed by atoms with van der Waals surface area (Å²) in [5.74, 6) is -0.909. The smallest absolute Gasteiger partial charge is 0.270 e. The highest BCUT2D eigenvalue weighted by atomic mass is 32.1. The standard InChI is InChI=1S/C21H29N5O4S/c1-6-14(19(28)24-21(2,3)4)26(11-12-7-9-13(30-5)10-8-12)20(29)17-15(22)16(18(23)27)25-31-17/h7-10,14H,6,11,22H2,1-5H3,(H2,23,27)(H,24,28)/t14-/m0/s1. The second-order valence-corrected chi connectivity index (χ2v) is 8.86. The summed E-state index contributed by atoms with van der Waals surface area (Å²) in [7, 11) is 1.57. The van der Waals surface area contributed by atoms with Crippen LogP contribution >= 0.6 is 11.5 Å². The van der Waals surface area contributed by atoms with Crippen LogP contribution in [-0.2, 0) is 11.3 Å². The highest BCUT2D eigenvalue weighted by molar-refractivity contribution is 7.09. The highest BCUT2D eigenvalue weighted by Gasteiger charge is 2.33. The maximum absolute atomic E-state index is 13.5. The van der Waals surface area contributed by atoms with Crippen LogP contribution in [0, 0.1) is 0 Å². The zero-order valence-corrected chi connectivity index (χ0v) is 19.2. The Labute approximate surface area is 185 Å². The summed E-state index contributed by atoms with van der Waals surface area (Å²) in [6.07, 6.45) is 0.380. The van der Waals surface area contributed by atoms with E-state index in [2.05, 4.69) is 9.69 Å². The fourth-order valence-electron chi connectivity index (χ4n) is 3.01. The number of hydrogen-bond donors (Lipinski definition) is 3. The molecule has 1 heterocycles. The Bertz CT molecular complexity index is 950. The van der Waals surface area contributed by atoms with Crippen molar-refractivity contribution in [3.63, 3.8) is 0 Å². The van der Waals surface area contributed by atoms with Crippen LogP contribution < -0.4 is 21.5 Å². The van der Waals surface area contributed by atoms with Crippen molar-refractivity contribution in [1.29, 1.82) is 0 Å². The number of anilines is 1. The summed E-state index contributed by atoms with van der Waals surface area (Å²) >= 11 is 0.792. The van der Waals surface area contributed by atoms with E-state index in [1.165, 1.54) is 4.90 Å². The average Bonchev–Trinajstić information content (AvgIpc) is 3.08. The molecule has 0 bridgehead atoms. The van der Waals surface area contributed by atoms with E-state index in [9.17, 15) is 14.4 Å². The van der Waals surface area contributed by atoms with Crippen LogP contribution in [0.25, 0.3) is 0 Å². The highest BCUT2D eigenvalue weighted by Crippen LogP contribution is 2.26. The summed E-state index contributed by atoms with van der Waals surface area (Å²) in [5.41, 5.74) is 11.4. The van der Waals surface area contributed by atoms with Crippen LogP contribution in [-0.4, -0.2) is 45.7 Å². The Morgan fingerprint density at radius 2 is 1.84 bits per heavy atom. The van der Waals surface area contributed by atoms with E-state index >= 15 is 0 Å². The molecule has 0 unspecified atom stereocenters. The summed E-state index contributed by atoms with van der Waals surface area (Å²) in [5, 5.41) is 2.93. The normalized spacial score (nSPS) is 12.2. The minimum atomic E-state index is -0.813. The molecule has 2 rings (SSSR count). The molecule has 0 saturated carbocycles. The number of carbonyl (C=O) groups excluding carboxylic acids is 3. The molecular formula is C21H29N5O4S. The van der Waals surface area contributed by atoms with E-state index in [1.54, 1.807) is 19.2 Å². The molecule has 0 aliphatic rings. The lowest BCUT2D eigenvalue weighted by molar-refractivity contribution is -0.127. The monoisotopic (exact) mass is 447 g/mol. The van der Waals surface area contributed by atoms with Gasteiger partial charge in [0.05, 0.1) is 12.8 Å². The lowest BCUT2D eigenvalue weighted by atomic mass is 10.1. The average molecular weight is 448 g/mol. The Balaban J connectivity index is 2.45. The van der Waals surface area contributed by atoms with Crippen molar-refractivity contribution >= 4 is 34.9 Å². The maximum atomic E-state index is 13.5. The number of amides is 3. The molecule has 9 nitrogen and oxygen atoms in total. The van der Waals surface area contributed by atoms with Crippen molar-refractivity contribution in [1.82, 2.24) is 14.6 Å². The Kier molecular flexibility index (Phi) is 7.61. The van der Waals surface area contributed by atoms with Gasteiger partial charge in [0.25, 0.3) is 11.8 Å². The van der Waals surface area contributed by atoms with E-state index < -0.39 is 23.4 Å². The van der Waals surface area contributed by atoms with E-state index in [0.717, 1.165) is 17.1 Å². The summed E-state index contributed by atoms with van der Waals surface area (Å²) < 4.78 is 9.10. The van der Waals surface area contributed by atoms with Gasteiger partial charge in [0.15, 0.2) is 5.69 Å². The van der Waals surface area contributed by atoms with Crippen molar-refractivity contribution in [2.45, 2.75) is 52.2 Å². The van der Waals surface area contributed by atoms with Crippen LogP contribution in [0.2, 0.25) is 0 Å². The van der Waals surface area contributed by atoms with Crippen LogP contribution in [0.4, 0.5) is 5.69 Å². The third kappa shape index (κ3) is 5.94. The van der Waals surface area contributed by atoms with Crippen molar-refractivity contribution in [3.8, 4) is 5.75 Å². The van der Waals surface area contributed by atoms with Gasteiger partial charge < -0.3 is 26.4 Å². The molecule has 0 radical (unpaired) electrons. The van der Waals surface area contributed by atoms with Crippen LogP contribution in [0.3, 0.4) is 0 Å². The zero-order valence-electron chi connectivity index (χ0n) is 18.4. The minimum Gasteiger partial charge on any atom is -0.497 e. The number of ether oxygens (including phenoxy) is 1. The topological polar surface area (TPSA) is 141 Å². The molecule has 0 spiro atoms. The number of aromatic nitrogens is 1. The Morgan fingerprint density at radius 1 is 1.23 bits per heavy atom. The molecule has 1 atom stereocenters. The number of nitrogens with two attached hydrogens (primary N) is 2. The first kappa shape index (κ1) is 24.1. The van der Waals surface area contributed by atoms with Gasteiger partial charge in [0.2, 0.25) is 5.91 Å². The fraction of sp³-hybridized carbons (Fsp3) is 0.429. The number of nitrogens with one attached hydrogen (secondary N) is 1. The van der Waals surface area contributed by atoms with Gasteiger partial charge in [-0.25, -0.2) is 0 Å². The lowest BCUT2D eigenvalue weighted by Gasteiger charge is -2.32. The van der Waals surface area contributed by atoms with E-state index in [4.69, 9.17) is 16.2 Å². The zero-order chi connectivity index (χ0) is 23.3. The molecule has 3 amide bonds. The van der Waals surface area contributed by atoms with Gasteiger partial charge in [-0.3, -0.25) is 14.4 Å². The number of methoxy groups -OCH3 is 1. The summed E-state index contributed by atoms with van der Waals surface area (Å²) in [4.78, 5) is 39.5. The number of primary amides is 1. The number of carbonyl (C=O) groups is 3. The molecular weight excluding hydrogens is 418 g/mol. The van der Waals surface area contributed by atoms with Gasteiger partial charge in [-0.2, -0.15) is 4.37 Å². The second-order valence-electron chi connectivity index (χ2n) is 8.08. The molecule has 1 aromatic carbocycles. The number of benzene rings is 1. The summed E-state index contributed by atoms with van der Waals surface area (Å²) in [6.45, 7) is 7.59. The van der Waals surface area contributed by atoms with Gasteiger partial charge in [-0.05, 0) is 56.4 Å². The van der Waals surface area contributed by atoms with Crippen LogP contribution in [0.1, 0.15) is 59.8 Å². The van der Waals surface area contributed by atoms with Crippen LogP contribution in [0.5, 0.6) is 5.75 Å². The molecule has 168 valence electrons. The number of nitrogen functional groups attached to an aromatic ring is 1. The molecule has 31 heavy (non-hydrogen) atoms. The Hall–Kier alpha value is -3.14. The fourth-order valence-corrected chi connectivity index (χ4v) is 3.77. The molecule has 2 aromatic rings. The van der Waals surface area contributed by atoms with Gasteiger partial charge in [0.1, 0.15) is 16.7 Å². The predicted octanol–water partition coefficient (Wildman–Crippen LogP) is 2.17. The molecule has 1 aromatic heterocycles.